The molecule has 4 rings (SSSR count). The van der Waals surface area contributed by atoms with Crippen LogP contribution in [0.5, 0.6) is 0 Å². The zero-order valence-corrected chi connectivity index (χ0v) is 21.5. The number of guanidine groups is 1. The minimum atomic E-state index is 0. The molecular formula is C23H36IN7O. The number of halogens is 1. The first-order chi connectivity index (χ1) is 15.2. The lowest BCUT2D eigenvalue weighted by atomic mass is 10.0. The molecule has 0 amide bonds. The molecule has 1 fully saturated rings. The molecule has 3 heterocycles. The van der Waals surface area contributed by atoms with Crippen molar-refractivity contribution in [2.24, 2.45) is 4.99 Å². The number of aryl methyl sites for hydroxylation is 1. The molecule has 1 aromatic carbocycles. The molecule has 0 saturated carbocycles. The fourth-order valence-electron chi connectivity index (χ4n) is 4.48. The number of likely N-dealkylation sites (tertiary alicyclic amines) is 1. The maximum Gasteiger partial charge on any atom is 0.191 e. The maximum absolute atomic E-state index is 5.16. The number of fused-ring (bicyclic) bond motifs is 1. The lowest BCUT2D eigenvalue weighted by Crippen LogP contribution is -2.46. The molecule has 9 heteroatoms. The van der Waals surface area contributed by atoms with E-state index in [2.05, 4.69) is 54.9 Å². The monoisotopic (exact) mass is 553 g/mol. The van der Waals surface area contributed by atoms with E-state index in [0.717, 1.165) is 50.1 Å². The van der Waals surface area contributed by atoms with Crippen LogP contribution in [0.1, 0.15) is 48.5 Å². The Morgan fingerprint density at radius 1 is 1.19 bits per heavy atom. The smallest absolute Gasteiger partial charge is 0.191 e. The summed E-state index contributed by atoms with van der Waals surface area (Å²) < 4.78 is 7.16. The minimum absolute atomic E-state index is 0. The molecule has 1 aromatic heterocycles. The third-order valence-electron chi connectivity index (χ3n) is 6.15. The van der Waals surface area contributed by atoms with Gasteiger partial charge < -0.3 is 15.4 Å². The predicted octanol–water partition coefficient (Wildman–Crippen LogP) is 2.71. The number of hydrogen-bond acceptors (Lipinski definition) is 5. The number of hydrogen-bond donors (Lipinski definition) is 2. The fourth-order valence-corrected chi connectivity index (χ4v) is 4.48. The average molecular weight is 553 g/mol. The zero-order chi connectivity index (χ0) is 21.5. The minimum Gasteiger partial charge on any atom is -0.377 e. The van der Waals surface area contributed by atoms with Crippen LogP contribution < -0.4 is 10.6 Å². The number of aliphatic imine (C=N–C) groups is 1. The van der Waals surface area contributed by atoms with Gasteiger partial charge in [0, 0.05) is 39.7 Å². The molecular weight excluding hydrogens is 517 g/mol. The lowest BCUT2D eigenvalue weighted by molar-refractivity contribution is 0.177. The summed E-state index contributed by atoms with van der Waals surface area (Å²) in [5.41, 5.74) is 2.74. The number of benzene rings is 1. The van der Waals surface area contributed by atoms with Gasteiger partial charge in [-0.15, -0.1) is 24.0 Å². The molecule has 8 nitrogen and oxygen atoms in total. The van der Waals surface area contributed by atoms with Crippen LogP contribution >= 0.6 is 24.0 Å². The normalized spacial score (nSPS) is 19.2. The van der Waals surface area contributed by atoms with E-state index in [-0.39, 0.29) is 30.0 Å². The van der Waals surface area contributed by atoms with Crippen LogP contribution in [0.3, 0.4) is 0 Å². The highest BCUT2D eigenvalue weighted by atomic mass is 127. The molecule has 1 atom stereocenters. The molecule has 0 aliphatic carbocycles. The Kier molecular flexibility index (Phi) is 9.73. The standard InChI is InChI=1S/C23H35N7O.HI/c1-24-23(26-20-10-11-22-27-21(17-31-2)28-30(22)16-20)25-14-18-8-4-5-9-19(18)15-29-12-6-3-7-13-29;/h4-5,8-9,20H,3,6-7,10-17H2,1-2H3,(H2,24,25,26);1H. The molecule has 0 spiro atoms. The number of aromatic nitrogens is 3. The van der Waals surface area contributed by atoms with Crippen molar-refractivity contribution in [1.29, 1.82) is 0 Å². The number of methoxy groups -OCH3 is 1. The van der Waals surface area contributed by atoms with Gasteiger partial charge in [-0.2, -0.15) is 5.10 Å². The molecule has 2 aliphatic rings. The number of nitrogens with zero attached hydrogens (tertiary/aromatic N) is 5. The molecule has 2 aliphatic heterocycles. The molecule has 176 valence electrons. The zero-order valence-electron chi connectivity index (χ0n) is 19.2. The van der Waals surface area contributed by atoms with Gasteiger partial charge in [0.1, 0.15) is 12.4 Å². The van der Waals surface area contributed by atoms with E-state index >= 15 is 0 Å². The number of piperidine rings is 1. The van der Waals surface area contributed by atoms with Crippen LogP contribution in [-0.2, 0) is 37.4 Å². The highest BCUT2D eigenvalue weighted by Crippen LogP contribution is 2.17. The highest BCUT2D eigenvalue weighted by Gasteiger charge is 2.22. The van der Waals surface area contributed by atoms with Gasteiger partial charge in [0.25, 0.3) is 0 Å². The van der Waals surface area contributed by atoms with Gasteiger partial charge in [-0.1, -0.05) is 30.7 Å². The average Bonchev–Trinajstić information content (AvgIpc) is 3.20. The van der Waals surface area contributed by atoms with Crippen molar-refractivity contribution in [3.05, 3.63) is 47.0 Å². The van der Waals surface area contributed by atoms with Crippen LogP contribution in [0.2, 0.25) is 0 Å². The fraction of sp³-hybridized carbons (Fsp3) is 0.609. The van der Waals surface area contributed by atoms with Gasteiger partial charge in [0.05, 0.1) is 6.54 Å². The summed E-state index contributed by atoms with van der Waals surface area (Å²) in [6, 6.07) is 9.02. The number of nitrogens with one attached hydrogen (secondary N) is 2. The van der Waals surface area contributed by atoms with Gasteiger partial charge >= 0.3 is 0 Å². The molecule has 2 N–H and O–H groups in total. The summed E-state index contributed by atoms with van der Waals surface area (Å²) in [6.45, 7) is 5.47. The van der Waals surface area contributed by atoms with E-state index in [9.17, 15) is 0 Å². The Morgan fingerprint density at radius 2 is 1.97 bits per heavy atom. The second kappa shape index (κ2) is 12.5. The molecule has 0 radical (unpaired) electrons. The van der Waals surface area contributed by atoms with Gasteiger partial charge in [-0.25, -0.2) is 9.67 Å². The Hall–Kier alpha value is -1.72. The van der Waals surface area contributed by atoms with Crippen LogP contribution in [0.15, 0.2) is 29.3 Å². The van der Waals surface area contributed by atoms with Gasteiger partial charge in [-0.05, 0) is 43.5 Å². The van der Waals surface area contributed by atoms with Crippen LogP contribution in [0, 0.1) is 0 Å². The van der Waals surface area contributed by atoms with E-state index in [0.29, 0.717) is 6.61 Å². The number of ether oxygens (including phenoxy) is 1. The second-order valence-electron chi connectivity index (χ2n) is 8.47. The van der Waals surface area contributed by atoms with Crippen LogP contribution in [0.4, 0.5) is 0 Å². The van der Waals surface area contributed by atoms with Gasteiger partial charge in [-0.3, -0.25) is 9.89 Å². The third kappa shape index (κ3) is 6.64. The van der Waals surface area contributed by atoms with Crippen LogP contribution in [0.25, 0.3) is 0 Å². The Balaban J connectivity index is 0.00000289. The molecule has 0 bridgehead atoms. The van der Waals surface area contributed by atoms with Crippen LogP contribution in [-0.4, -0.2) is 58.9 Å². The molecule has 1 unspecified atom stereocenters. The summed E-state index contributed by atoms with van der Waals surface area (Å²) in [7, 11) is 3.50. The van der Waals surface area contributed by atoms with E-state index < -0.39 is 0 Å². The Bertz CT molecular complexity index is 879. The quantitative estimate of drug-likeness (QED) is 0.312. The van der Waals surface area contributed by atoms with Gasteiger partial charge in [0.15, 0.2) is 11.8 Å². The van der Waals surface area contributed by atoms with E-state index in [1.54, 1.807) is 7.11 Å². The summed E-state index contributed by atoms with van der Waals surface area (Å²) in [5.74, 6) is 2.63. The Morgan fingerprint density at radius 3 is 2.72 bits per heavy atom. The Labute approximate surface area is 208 Å². The van der Waals surface area contributed by atoms with Crippen molar-refractivity contribution in [1.82, 2.24) is 30.3 Å². The summed E-state index contributed by atoms with van der Waals surface area (Å²) in [5, 5.41) is 11.6. The summed E-state index contributed by atoms with van der Waals surface area (Å²) in [6.07, 6.45) is 5.92. The topological polar surface area (TPSA) is 79.6 Å². The lowest BCUT2D eigenvalue weighted by Gasteiger charge is -2.28. The largest absolute Gasteiger partial charge is 0.377 e. The first-order valence-corrected chi connectivity index (χ1v) is 11.4. The number of rotatable bonds is 7. The maximum atomic E-state index is 5.16. The van der Waals surface area contributed by atoms with Gasteiger partial charge in [0.2, 0.25) is 0 Å². The molecule has 2 aromatic rings. The van der Waals surface area contributed by atoms with Crippen molar-refractivity contribution in [3.63, 3.8) is 0 Å². The molecule has 32 heavy (non-hydrogen) atoms. The predicted molar refractivity (Wildman–Crippen MR) is 137 cm³/mol. The summed E-state index contributed by atoms with van der Waals surface area (Å²) in [4.78, 5) is 11.6. The van der Waals surface area contributed by atoms with Crippen molar-refractivity contribution >= 4 is 29.9 Å². The van der Waals surface area contributed by atoms with Crippen molar-refractivity contribution < 1.29 is 4.74 Å². The van der Waals surface area contributed by atoms with Crippen molar-refractivity contribution in [2.75, 3.05) is 27.2 Å². The van der Waals surface area contributed by atoms with E-state index in [1.807, 2.05) is 11.7 Å². The van der Waals surface area contributed by atoms with E-state index in [4.69, 9.17) is 4.74 Å². The second-order valence-corrected chi connectivity index (χ2v) is 8.47. The van der Waals surface area contributed by atoms with Crippen molar-refractivity contribution in [2.45, 2.75) is 64.4 Å². The first-order valence-electron chi connectivity index (χ1n) is 11.4. The first kappa shape index (κ1) is 24.9. The molecule has 1 saturated heterocycles. The van der Waals surface area contributed by atoms with Crippen molar-refractivity contribution in [3.8, 4) is 0 Å². The third-order valence-corrected chi connectivity index (χ3v) is 6.15. The highest BCUT2D eigenvalue weighted by molar-refractivity contribution is 14.0. The SMILES string of the molecule is CN=C(NCc1ccccc1CN1CCCCC1)NC1CCc2nc(COC)nn2C1.I. The summed E-state index contributed by atoms with van der Waals surface area (Å²) >= 11 is 0. The van der Waals surface area contributed by atoms with E-state index in [1.165, 1.54) is 43.5 Å².